The SMILES string of the molecule is Fc1ccc(Oc2cc3cn[nH]c3c(Cc3cnco3)n2)cc1. The van der Waals surface area contributed by atoms with E-state index in [2.05, 4.69) is 20.2 Å². The summed E-state index contributed by atoms with van der Waals surface area (Å²) in [4.78, 5) is 8.39. The third-order valence-corrected chi connectivity index (χ3v) is 3.34. The Balaban J connectivity index is 1.71. The maximum absolute atomic E-state index is 13.0. The van der Waals surface area contributed by atoms with Gasteiger partial charge in [-0.3, -0.25) is 5.10 Å². The molecule has 23 heavy (non-hydrogen) atoms. The average molecular weight is 310 g/mol. The zero-order valence-electron chi connectivity index (χ0n) is 11.9. The number of aromatic amines is 1. The summed E-state index contributed by atoms with van der Waals surface area (Å²) in [5.41, 5.74) is 1.54. The van der Waals surface area contributed by atoms with Crippen LogP contribution in [-0.4, -0.2) is 20.2 Å². The molecule has 4 rings (SSSR count). The second-order valence-electron chi connectivity index (χ2n) is 4.94. The van der Waals surface area contributed by atoms with Crippen LogP contribution in [0.15, 0.2) is 53.5 Å². The van der Waals surface area contributed by atoms with Crippen molar-refractivity contribution in [3.63, 3.8) is 0 Å². The highest BCUT2D eigenvalue weighted by molar-refractivity contribution is 5.81. The molecule has 0 spiro atoms. The first-order chi connectivity index (χ1) is 11.3. The number of H-pyrrole nitrogens is 1. The topological polar surface area (TPSA) is 76.8 Å². The second kappa shape index (κ2) is 5.53. The van der Waals surface area contributed by atoms with E-state index in [-0.39, 0.29) is 5.82 Å². The zero-order chi connectivity index (χ0) is 15.6. The summed E-state index contributed by atoms with van der Waals surface area (Å²) < 4.78 is 23.9. The monoisotopic (exact) mass is 310 g/mol. The lowest BCUT2D eigenvalue weighted by Gasteiger charge is -2.07. The minimum absolute atomic E-state index is 0.318. The van der Waals surface area contributed by atoms with Crippen molar-refractivity contribution in [3.05, 3.63) is 66.4 Å². The smallest absolute Gasteiger partial charge is 0.220 e. The van der Waals surface area contributed by atoms with Gasteiger partial charge in [0.1, 0.15) is 17.3 Å². The Kier molecular flexibility index (Phi) is 3.23. The molecule has 0 aliphatic rings. The lowest BCUT2D eigenvalue weighted by atomic mass is 10.2. The van der Waals surface area contributed by atoms with Crippen molar-refractivity contribution in [1.82, 2.24) is 20.2 Å². The number of pyridine rings is 1. The van der Waals surface area contributed by atoms with E-state index < -0.39 is 0 Å². The molecule has 3 heterocycles. The van der Waals surface area contributed by atoms with Crippen molar-refractivity contribution in [2.24, 2.45) is 0 Å². The van der Waals surface area contributed by atoms with Gasteiger partial charge in [-0.2, -0.15) is 5.10 Å². The Morgan fingerprint density at radius 2 is 2.04 bits per heavy atom. The number of nitrogens with one attached hydrogen (secondary N) is 1. The molecular weight excluding hydrogens is 299 g/mol. The molecule has 0 fully saturated rings. The van der Waals surface area contributed by atoms with Gasteiger partial charge in [0.2, 0.25) is 5.88 Å². The van der Waals surface area contributed by atoms with Crippen LogP contribution in [-0.2, 0) is 6.42 Å². The molecule has 0 aliphatic heterocycles. The highest BCUT2D eigenvalue weighted by Crippen LogP contribution is 2.26. The van der Waals surface area contributed by atoms with Gasteiger partial charge in [-0.1, -0.05) is 0 Å². The Morgan fingerprint density at radius 1 is 1.17 bits per heavy atom. The quantitative estimate of drug-likeness (QED) is 0.624. The molecule has 1 aromatic carbocycles. The fraction of sp³-hybridized carbons (Fsp3) is 0.0625. The number of fused-ring (bicyclic) bond motifs is 1. The summed E-state index contributed by atoms with van der Waals surface area (Å²) in [5.74, 6) is 1.28. The van der Waals surface area contributed by atoms with Crippen LogP contribution in [0.5, 0.6) is 11.6 Å². The van der Waals surface area contributed by atoms with E-state index in [4.69, 9.17) is 9.15 Å². The highest BCUT2D eigenvalue weighted by Gasteiger charge is 2.12. The van der Waals surface area contributed by atoms with E-state index in [1.807, 2.05) is 0 Å². The normalized spacial score (nSPS) is 11.0. The van der Waals surface area contributed by atoms with Crippen LogP contribution < -0.4 is 4.74 Å². The Bertz CT molecular complexity index is 933. The Morgan fingerprint density at radius 3 is 2.83 bits per heavy atom. The number of benzene rings is 1. The van der Waals surface area contributed by atoms with Crippen molar-refractivity contribution < 1.29 is 13.5 Å². The maximum Gasteiger partial charge on any atom is 0.220 e. The number of nitrogens with zero attached hydrogens (tertiary/aromatic N) is 3. The lowest BCUT2D eigenvalue weighted by molar-refractivity contribution is 0.459. The van der Waals surface area contributed by atoms with Crippen LogP contribution in [0.2, 0.25) is 0 Å². The minimum Gasteiger partial charge on any atom is -0.448 e. The molecule has 0 saturated heterocycles. The fourth-order valence-electron chi connectivity index (χ4n) is 2.29. The molecule has 0 bridgehead atoms. The average Bonchev–Trinajstić information content (AvgIpc) is 3.21. The summed E-state index contributed by atoms with van der Waals surface area (Å²) in [6, 6.07) is 7.54. The van der Waals surface area contributed by atoms with Crippen molar-refractivity contribution in [3.8, 4) is 11.6 Å². The minimum atomic E-state index is -0.318. The summed E-state index contributed by atoms with van der Waals surface area (Å²) in [6.45, 7) is 0. The predicted molar refractivity (Wildman–Crippen MR) is 79.7 cm³/mol. The van der Waals surface area contributed by atoms with E-state index in [0.717, 1.165) is 16.6 Å². The molecule has 1 N–H and O–H groups in total. The van der Waals surface area contributed by atoms with Gasteiger partial charge in [0.05, 0.1) is 30.0 Å². The Labute approximate surface area is 130 Å². The van der Waals surface area contributed by atoms with Gasteiger partial charge in [-0.25, -0.2) is 14.4 Å². The van der Waals surface area contributed by atoms with E-state index in [1.54, 1.807) is 30.6 Å². The number of hydrogen-bond donors (Lipinski definition) is 1. The molecule has 114 valence electrons. The number of ether oxygens (including phenoxy) is 1. The predicted octanol–water partition coefficient (Wildman–Crippen LogP) is 3.47. The fourth-order valence-corrected chi connectivity index (χ4v) is 2.29. The van der Waals surface area contributed by atoms with Crippen LogP contribution >= 0.6 is 0 Å². The molecule has 0 saturated carbocycles. The number of aromatic nitrogens is 4. The molecule has 6 nitrogen and oxygen atoms in total. The zero-order valence-corrected chi connectivity index (χ0v) is 11.9. The number of oxazole rings is 1. The van der Waals surface area contributed by atoms with Crippen molar-refractivity contribution >= 4 is 10.9 Å². The first-order valence-corrected chi connectivity index (χ1v) is 6.92. The molecule has 7 heteroatoms. The van der Waals surface area contributed by atoms with E-state index in [9.17, 15) is 4.39 Å². The molecular formula is C16H11FN4O2. The summed E-state index contributed by atoms with van der Waals surface area (Å²) in [7, 11) is 0. The summed E-state index contributed by atoms with van der Waals surface area (Å²) in [6.07, 6.45) is 5.16. The first-order valence-electron chi connectivity index (χ1n) is 6.92. The molecule has 0 aliphatic carbocycles. The molecule has 3 aromatic heterocycles. The first kappa shape index (κ1) is 13.4. The van der Waals surface area contributed by atoms with Gasteiger partial charge in [0.15, 0.2) is 6.39 Å². The highest BCUT2D eigenvalue weighted by atomic mass is 19.1. The van der Waals surface area contributed by atoms with E-state index in [0.29, 0.717) is 23.8 Å². The van der Waals surface area contributed by atoms with Gasteiger partial charge < -0.3 is 9.15 Å². The lowest BCUT2D eigenvalue weighted by Crippen LogP contribution is -1.96. The number of halogens is 1. The van der Waals surface area contributed by atoms with Crippen LogP contribution in [0.25, 0.3) is 10.9 Å². The van der Waals surface area contributed by atoms with Crippen LogP contribution in [0.4, 0.5) is 4.39 Å². The molecule has 4 aromatic rings. The van der Waals surface area contributed by atoms with Crippen LogP contribution in [0, 0.1) is 5.82 Å². The number of rotatable bonds is 4. The summed E-state index contributed by atoms with van der Waals surface area (Å²) in [5, 5.41) is 7.82. The molecule has 0 amide bonds. The van der Waals surface area contributed by atoms with Crippen molar-refractivity contribution in [2.75, 3.05) is 0 Å². The van der Waals surface area contributed by atoms with Crippen LogP contribution in [0.3, 0.4) is 0 Å². The Hall–Kier alpha value is -3.22. The molecule has 0 unspecified atom stereocenters. The van der Waals surface area contributed by atoms with Gasteiger partial charge in [-0.15, -0.1) is 0 Å². The third kappa shape index (κ3) is 2.76. The van der Waals surface area contributed by atoms with Gasteiger partial charge in [0.25, 0.3) is 0 Å². The summed E-state index contributed by atoms with van der Waals surface area (Å²) >= 11 is 0. The van der Waals surface area contributed by atoms with Crippen molar-refractivity contribution in [2.45, 2.75) is 6.42 Å². The number of hydrogen-bond acceptors (Lipinski definition) is 5. The maximum atomic E-state index is 13.0. The van der Waals surface area contributed by atoms with Gasteiger partial charge in [-0.05, 0) is 24.3 Å². The molecule has 0 atom stereocenters. The third-order valence-electron chi connectivity index (χ3n) is 3.34. The van der Waals surface area contributed by atoms with Gasteiger partial charge in [0, 0.05) is 11.5 Å². The largest absolute Gasteiger partial charge is 0.448 e. The van der Waals surface area contributed by atoms with Crippen molar-refractivity contribution in [1.29, 1.82) is 0 Å². The molecule has 0 radical (unpaired) electrons. The van der Waals surface area contributed by atoms with Gasteiger partial charge >= 0.3 is 0 Å². The van der Waals surface area contributed by atoms with E-state index >= 15 is 0 Å². The standard InChI is InChI=1S/C16H11FN4O2/c17-11-1-3-12(4-2-11)23-15-5-10-7-19-21-16(10)14(20-15)6-13-8-18-9-22-13/h1-5,7-9H,6H2,(H,19,21). The van der Waals surface area contributed by atoms with E-state index in [1.165, 1.54) is 18.5 Å². The second-order valence-corrected chi connectivity index (χ2v) is 4.94. The van der Waals surface area contributed by atoms with Crippen LogP contribution in [0.1, 0.15) is 11.5 Å².